The standard InChI is InChI=1S/C5H14N2OS/c1-5(2,3)7-9(4,6)8/h1-4H3,(H2,6,7,8). The van der Waals surface area contributed by atoms with Gasteiger partial charge in [-0.15, -0.1) is 0 Å². The van der Waals surface area contributed by atoms with Crippen molar-refractivity contribution in [3.8, 4) is 0 Å². The molecule has 56 valence electrons. The van der Waals surface area contributed by atoms with Gasteiger partial charge in [0.05, 0.1) is 5.54 Å². The zero-order valence-corrected chi connectivity index (χ0v) is 7.16. The quantitative estimate of drug-likeness (QED) is 0.544. The van der Waals surface area contributed by atoms with Crippen LogP contribution in [0.4, 0.5) is 0 Å². The molecular formula is C5H14N2OS. The predicted octanol–water partition coefficient (Wildman–Crippen LogP) is 0.756. The van der Waals surface area contributed by atoms with Gasteiger partial charge in [0, 0.05) is 6.26 Å². The van der Waals surface area contributed by atoms with E-state index in [4.69, 9.17) is 5.14 Å². The van der Waals surface area contributed by atoms with E-state index in [0.717, 1.165) is 0 Å². The van der Waals surface area contributed by atoms with E-state index in [1.807, 2.05) is 20.8 Å². The van der Waals surface area contributed by atoms with Gasteiger partial charge in [-0.1, -0.05) is 0 Å². The molecule has 0 aromatic carbocycles. The minimum absolute atomic E-state index is 0.291. The van der Waals surface area contributed by atoms with Crippen LogP contribution in [0, 0.1) is 0 Å². The fourth-order valence-electron chi connectivity index (χ4n) is 0.544. The Morgan fingerprint density at radius 1 is 1.44 bits per heavy atom. The summed E-state index contributed by atoms with van der Waals surface area (Å²) in [4.78, 5) is 0. The van der Waals surface area contributed by atoms with Crippen molar-refractivity contribution in [3.63, 3.8) is 0 Å². The first-order valence-corrected chi connectivity index (χ1v) is 4.70. The fraction of sp³-hybridized carbons (Fsp3) is 1.00. The van der Waals surface area contributed by atoms with E-state index in [2.05, 4.69) is 4.36 Å². The maximum absolute atomic E-state index is 10.8. The van der Waals surface area contributed by atoms with Gasteiger partial charge in [0.1, 0.15) is 9.92 Å². The van der Waals surface area contributed by atoms with Gasteiger partial charge < -0.3 is 0 Å². The second-order valence-electron chi connectivity index (χ2n) is 3.12. The summed E-state index contributed by atoms with van der Waals surface area (Å²) in [5, 5.41) is 5.18. The van der Waals surface area contributed by atoms with E-state index >= 15 is 0 Å². The molecule has 1 atom stereocenters. The first kappa shape index (κ1) is 8.91. The van der Waals surface area contributed by atoms with E-state index in [0.29, 0.717) is 0 Å². The highest BCUT2D eigenvalue weighted by Gasteiger charge is 2.08. The molecule has 0 radical (unpaired) electrons. The highest BCUT2D eigenvalue weighted by atomic mass is 32.2. The molecule has 2 N–H and O–H groups in total. The summed E-state index contributed by atoms with van der Waals surface area (Å²) < 4.78 is 14.7. The molecule has 0 aromatic rings. The molecule has 0 fully saturated rings. The van der Waals surface area contributed by atoms with E-state index in [9.17, 15) is 4.21 Å². The van der Waals surface area contributed by atoms with E-state index in [1.54, 1.807) is 0 Å². The molecule has 3 nitrogen and oxygen atoms in total. The molecule has 0 bridgehead atoms. The lowest BCUT2D eigenvalue weighted by atomic mass is 10.1. The Kier molecular flexibility index (Phi) is 2.24. The van der Waals surface area contributed by atoms with Gasteiger partial charge in [-0.05, 0) is 20.8 Å². The Labute approximate surface area is 57.0 Å². The fourth-order valence-corrected chi connectivity index (χ4v) is 1.63. The minimum Gasteiger partial charge on any atom is -0.245 e. The van der Waals surface area contributed by atoms with Gasteiger partial charge in [-0.3, -0.25) is 0 Å². The molecule has 0 saturated carbocycles. The molecule has 0 saturated heterocycles. The summed E-state index contributed by atoms with van der Waals surface area (Å²) in [6, 6.07) is 0. The van der Waals surface area contributed by atoms with Gasteiger partial charge in [0.25, 0.3) is 0 Å². The topological polar surface area (TPSA) is 55.4 Å². The van der Waals surface area contributed by atoms with E-state index in [-0.39, 0.29) is 5.54 Å². The average molecular weight is 150 g/mol. The molecule has 0 rings (SSSR count). The zero-order valence-electron chi connectivity index (χ0n) is 6.34. The third-order valence-electron chi connectivity index (χ3n) is 0.455. The minimum atomic E-state index is -2.41. The molecular weight excluding hydrogens is 136 g/mol. The molecule has 4 heteroatoms. The predicted molar refractivity (Wildman–Crippen MR) is 40.4 cm³/mol. The molecule has 0 heterocycles. The van der Waals surface area contributed by atoms with Gasteiger partial charge in [0.2, 0.25) is 0 Å². The van der Waals surface area contributed by atoms with Gasteiger partial charge in [-0.2, -0.15) is 0 Å². The summed E-state index contributed by atoms with van der Waals surface area (Å²) >= 11 is 0. The summed E-state index contributed by atoms with van der Waals surface area (Å²) in [5.74, 6) is 0. The van der Waals surface area contributed by atoms with Crippen LogP contribution in [0.5, 0.6) is 0 Å². The van der Waals surface area contributed by atoms with Crippen molar-refractivity contribution in [2.24, 2.45) is 9.50 Å². The Hall–Kier alpha value is -0.0900. The second-order valence-corrected chi connectivity index (χ2v) is 5.03. The average Bonchev–Trinajstić information content (AvgIpc) is 1.14. The van der Waals surface area contributed by atoms with Crippen LogP contribution in [0.25, 0.3) is 0 Å². The van der Waals surface area contributed by atoms with Gasteiger partial charge in [0.15, 0.2) is 0 Å². The summed E-state index contributed by atoms with van der Waals surface area (Å²) in [6.07, 6.45) is 1.43. The Morgan fingerprint density at radius 3 is 1.78 bits per heavy atom. The monoisotopic (exact) mass is 150 g/mol. The van der Waals surface area contributed by atoms with Crippen LogP contribution in [-0.2, 0) is 9.92 Å². The number of nitrogens with zero attached hydrogens (tertiary/aromatic N) is 1. The summed E-state index contributed by atoms with van der Waals surface area (Å²) in [7, 11) is -2.41. The van der Waals surface area contributed by atoms with Crippen molar-refractivity contribution in [2.75, 3.05) is 6.26 Å². The maximum Gasteiger partial charge on any atom is 0.102 e. The molecule has 0 aliphatic rings. The van der Waals surface area contributed by atoms with Crippen LogP contribution < -0.4 is 5.14 Å². The van der Waals surface area contributed by atoms with E-state index in [1.165, 1.54) is 6.26 Å². The summed E-state index contributed by atoms with van der Waals surface area (Å²) in [6.45, 7) is 5.59. The number of nitrogens with two attached hydrogens (primary N) is 1. The first-order chi connectivity index (χ1) is 3.71. The first-order valence-electron chi connectivity index (χ1n) is 2.72. The molecule has 0 aromatic heterocycles. The van der Waals surface area contributed by atoms with Crippen LogP contribution in [0.3, 0.4) is 0 Å². The van der Waals surface area contributed by atoms with Crippen molar-refractivity contribution in [3.05, 3.63) is 0 Å². The van der Waals surface area contributed by atoms with E-state index < -0.39 is 9.92 Å². The molecule has 0 spiro atoms. The van der Waals surface area contributed by atoms with Crippen molar-refractivity contribution >= 4 is 9.92 Å². The van der Waals surface area contributed by atoms with Gasteiger partial charge in [-0.25, -0.2) is 13.7 Å². The number of rotatable bonds is 0. The van der Waals surface area contributed by atoms with Crippen LogP contribution in [-0.4, -0.2) is 16.0 Å². The summed E-state index contributed by atoms with van der Waals surface area (Å²) in [5.41, 5.74) is -0.291. The second kappa shape index (κ2) is 2.27. The molecule has 0 aliphatic carbocycles. The molecule has 9 heavy (non-hydrogen) atoms. The van der Waals surface area contributed by atoms with Crippen molar-refractivity contribution in [1.82, 2.24) is 0 Å². The third kappa shape index (κ3) is 7.91. The van der Waals surface area contributed by atoms with Crippen molar-refractivity contribution in [1.29, 1.82) is 0 Å². The lowest BCUT2D eigenvalue weighted by Crippen LogP contribution is -2.18. The van der Waals surface area contributed by atoms with Crippen molar-refractivity contribution < 1.29 is 4.21 Å². The van der Waals surface area contributed by atoms with Crippen LogP contribution in [0.15, 0.2) is 4.36 Å². The number of hydrogen-bond donors (Lipinski definition) is 1. The lowest BCUT2D eigenvalue weighted by molar-refractivity contribution is 0.582. The Bertz CT molecular complexity index is 187. The molecule has 0 amide bonds. The highest BCUT2D eigenvalue weighted by molar-refractivity contribution is 7.90. The van der Waals surface area contributed by atoms with Crippen molar-refractivity contribution in [2.45, 2.75) is 26.3 Å². The van der Waals surface area contributed by atoms with Crippen LogP contribution >= 0.6 is 0 Å². The number of hydrogen-bond acceptors (Lipinski definition) is 2. The van der Waals surface area contributed by atoms with Crippen LogP contribution in [0.1, 0.15) is 20.8 Å². The smallest absolute Gasteiger partial charge is 0.102 e. The highest BCUT2D eigenvalue weighted by Crippen LogP contribution is 2.07. The zero-order chi connectivity index (χ0) is 7.71. The third-order valence-corrected chi connectivity index (χ3v) is 1.37. The maximum atomic E-state index is 10.8. The molecule has 0 aliphatic heterocycles. The lowest BCUT2D eigenvalue weighted by Gasteiger charge is -2.11. The SMILES string of the molecule is CC(C)(C)N=S(C)(N)=O. The van der Waals surface area contributed by atoms with Gasteiger partial charge >= 0.3 is 0 Å². The normalized spacial score (nSPS) is 18.8. The largest absolute Gasteiger partial charge is 0.245 e. The Morgan fingerprint density at radius 2 is 1.78 bits per heavy atom. The Balaban J connectivity index is 4.53. The molecule has 1 unspecified atom stereocenters. The van der Waals surface area contributed by atoms with Crippen LogP contribution in [0.2, 0.25) is 0 Å².